The van der Waals surface area contributed by atoms with Crippen molar-refractivity contribution >= 4 is 0 Å². The third kappa shape index (κ3) is 5.26. The fraction of sp³-hybridized carbons (Fsp3) is 0.714. The van der Waals surface area contributed by atoms with Crippen LogP contribution in [0.25, 0.3) is 0 Å². The van der Waals surface area contributed by atoms with Crippen molar-refractivity contribution in [3.63, 3.8) is 0 Å². The van der Waals surface area contributed by atoms with Crippen LogP contribution in [-0.2, 0) is 0 Å². The number of unbranched alkanes of at least 4 members (excludes halogenated alkanes) is 6. The molecule has 79 valence electrons. The molecule has 0 heterocycles. The lowest BCUT2D eigenvalue weighted by atomic mass is 10.1. The molecule has 0 aliphatic heterocycles. The fourth-order valence-electron chi connectivity index (χ4n) is 1.89. The average Bonchev–Trinajstić information content (AvgIpc) is 2.69. The first-order valence-electron chi connectivity index (χ1n) is 6.19. The van der Waals surface area contributed by atoms with E-state index < -0.39 is 0 Å². The first kappa shape index (κ1) is 11.6. The highest BCUT2D eigenvalue weighted by Crippen LogP contribution is 2.16. The molecule has 0 aromatic carbocycles. The predicted molar refractivity (Wildman–Crippen MR) is 63.1 cm³/mol. The quantitative estimate of drug-likeness (QED) is 0.483. The van der Waals surface area contributed by atoms with Gasteiger partial charge in [0.2, 0.25) is 0 Å². The standard InChI is InChI=1S/C14H23/c1-2-3-4-5-6-7-8-11-14-12-9-10-13-14/h9,12H,2-8,10-11H2,1H3. The summed E-state index contributed by atoms with van der Waals surface area (Å²) < 4.78 is 0. The van der Waals surface area contributed by atoms with Crippen LogP contribution >= 0.6 is 0 Å². The minimum absolute atomic E-state index is 1.05. The van der Waals surface area contributed by atoms with Crippen LogP contribution in [0.3, 0.4) is 0 Å². The molecule has 1 aliphatic rings. The van der Waals surface area contributed by atoms with Gasteiger partial charge in [0.1, 0.15) is 0 Å². The van der Waals surface area contributed by atoms with Crippen molar-refractivity contribution in [3.8, 4) is 0 Å². The summed E-state index contributed by atoms with van der Waals surface area (Å²) in [6.07, 6.45) is 20.0. The Morgan fingerprint density at radius 2 is 1.79 bits per heavy atom. The molecule has 0 N–H and O–H groups in total. The van der Waals surface area contributed by atoms with Crippen molar-refractivity contribution in [3.05, 3.63) is 23.8 Å². The first-order chi connectivity index (χ1) is 6.93. The number of rotatable bonds is 8. The van der Waals surface area contributed by atoms with Crippen molar-refractivity contribution < 1.29 is 0 Å². The van der Waals surface area contributed by atoms with Crippen LogP contribution < -0.4 is 0 Å². The van der Waals surface area contributed by atoms with E-state index in [1.54, 1.807) is 0 Å². The molecule has 0 atom stereocenters. The van der Waals surface area contributed by atoms with Crippen molar-refractivity contribution in [1.29, 1.82) is 0 Å². The maximum absolute atomic E-state index is 3.37. The topological polar surface area (TPSA) is 0 Å². The molecular formula is C14H23. The van der Waals surface area contributed by atoms with E-state index in [0.717, 1.165) is 6.42 Å². The van der Waals surface area contributed by atoms with Crippen molar-refractivity contribution in [1.82, 2.24) is 0 Å². The molecule has 0 amide bonds. The Morgan fingerprint density at radius 3 is 2.43 bits per heavy atom. The molecule has 14 heavy (non-hydrogen) atoms. The van der Waals surface area contributed by atoms with E-state index in [9.17, 15) is 0 Å². The molecule has 0 fully saturated rings. The van der Waals surface area contributed by atoms with E-state index in [2.05, 4.69) is 25.2 Å². The summed E-state index contributed by atoms with van der Waals surface area (Å²) in [7, 11) is 0. The smallest absolute Gasteiger partial charge is 0.00885 e. The van der Waals surface area contributed by atoms with Gasteiger partial charge in [0, 0.05) is 0 Å². The molecule has 0 saturated heterocycles. The minimum atomic E-state index is 1.05. The van der Waals surface area contributed by atoms with Crippen molar-refractivity contribution in [2.75, 3.05) is 0 Å². The lowest BCUT2D eigenvalue weighted by molar-refractivity contribution is 0.590. The van der Waals surface area contributed by atoms with E-state index >= 15 is 0 Å². The lowest BCUT2D eigenvalue weighted by Crippen LogP contribution is -1.81. The highest BCUT2D eigenvalue weighted by atomic mass is 14.0. The molecule has 0 aromatic rings. The monoisotopic (exact) mass is 191 g/mol. The maximum Gasteiger partial charge on any atom is -0.00885 e. The molecule has 1 radical (unpaired) electrons. The largest absolute Gasteiger partial charge is 0.0798 e. The van der Waals surface area contributed by atoms with Gasteiger partial charge in [-0.2, -0.15) is 0 Å². The number of hydrogen-bond acceptors (Lipinski definition) is 0. The summed E-state index contributed by atoms with van der Waals surface area (Å²) in [6.45, 7) is 2.27. The second-order valence-corrected chi connectivity index (χ2v) is 4.18. The van der Waals surface area contributed by atoms with Crippen LogP contribution in [0.5, 0.6) is 0 Å². The summed E-state index contributed by atoms with van der Waals surface area (Å²) in [5.41, 5.74) is 1.44. The summed E-state index contributed by atoms with van der Waals surface area (Å²) in [5, 5.41) is 0. The maximum atomic E-state index is 3.37. The zero-order valence-electron chi connectivity index (χ0n) is 9.52. The van der Waals surface area contributed by atoms with Crippen molar-refractivity contribution in [2.45, 2.75) is 64.7 Å². The lowest BCUT2D eigenvalue weighted by Gasteiger charge is -2.00. The zero-order valence-corrected chi connectivity index (χ0v) is 9.52. The van der Waals surface area contributed by atoms with Gasteiger partial charge in [-0.3, -0.25) is 0 Å². The number of allylic oxidation sites excluding steroid dienone is 4. The Bertz CT molecular complexity index is 186. The third-order valence-corrected chi connectivity index (χ3v) is 2.82. The number of hydrogen-bond donors (Lipinski definition) is 0. The van der Waals surface area contributed by atoms with Gasteiger partial charge in [0.05, 0.1) is 0 Å². The molecular weight excluding hydrogens is 168 g/mol. The van der Waals surface area contributed by atoms with Crippen LogP contribution in [-0.4, -0.2) is 0 Å². The van der Waals surface area contributed by atoms with Gasteiger partial charge in [-0.25, -0.2) is 0 Å². The summed E-state index contributed by atoms with van der Waals surface area (Å²) in [6, 6.07) is 0. The minimum Gasteiger partial charge on any atom is -0.0798 e. The normalized spacial score (nSPS) is 14.8. The van der Waals surface area contributed by atoms with Crippen LogP contribution in [0, 0.1) is 6.08 Å². The summed E-state index contributed by atoms with van der Waals surface area (Å²) >= 11 is 0. The Labute approximate surface area is 89.1 Å². The average molecular weight is 191 g/mol. The second kappa shape index (κ2) is 7.84. The Hall–Kier alpha value is -0.520. The van der Waals surface area contributed by atoms with E-state index in [0.29, 0.717) is 0 Å². The van der Waals surface area contributed by atoms with Gasteiger partial charge >= 0.3 is 0 Å². The van der Waals surface area contributed by atoms with E-state index in [1.807, 2.05) is 0 Å². The van der Waals surface area contributed by atoms with Crippen LogP contribution in [0.2, 0.25) is 0 Å². The molecule has 0 heteroatoms. The molecule has 0 saturated carbocycles. The highest BCUT2D eigenvalue weighted by Gasteiger charge is 1.97. The Balaban J connectivity index is 1.82. The Morgan fingerprint density at radius 1 is 1.07 bits per heavy atom. The molecule has 0 spiro atoms. The van der Waals surface area contributed by atoms with Crippen LogP contribution in [0.15, 0.2) is 17.7 Å². The van der Waals surface area contributed by atoms with Gasteiger partial charge in [-0.15, -0.1) is 0 Å². The first-order valence-corrected chi connectivity index (χ1v) is 6.19. The highest BCUT2D eigenvalue weighted by molar-refractivity contribution is 5.21. The van der Waals surface area contributed by atoms with Gasteiger partial charge in [0.15, 0.2) is 0 Å². The molecule has 0 nitrogen and oxygen atoms in total. The molecule has 1 rings (SSSR count). The van der Waals surface area contributed by atoms with E-state index in [4.69, 9.17) is 0 Å². The fourth-order valence-corrected chi connectivity index (χ4v) is 1.89. The van der Waals surface area contributed by atoms with E-state index in [1.165, 1.54) is 56.9 Å². The SMILES string of the molecule is CCCCCCCCCC1=[C]CC=C1. The third-order valence-electron chi connectivity index (χ3n) is 2.82. The molecule has 1 aliphatic carbocycles. The van der Waals surface area contributed by atoms with Gasteiger partial charge < -0.3 is 0 Å². The molecule has 0 bridgehead atoms. The second-order valence-electron chi connectivity index (χ2n) is 4.18. The molecule has 0 aromatic heterocycles. The Kier molecular flexibility index (Phi) is 6.47. The zero-order chi connectivity index (χ0) is 10.1. The van der Waals surface area contributed by atoms with Gasteiger partial charge in [-0.1, -0.05) is 57.6 Å². The predicted octanol–water partition coefficient (Wildman–Crippen LogP) is 4.82. The summed E-state index contributed by atoms with van der Waals surface area (Å²) in [4.78, 5) is 0. The molecule has 0 unspecified atom stereocenters. The van der Waals surface area contributed by atoms with E-state index in [-0.39, 0.29) is 0 Å². The van der Waals surface area contributed by atoms with Gasteiger partial charge in [-0.05, 0) is 30.9 Å². The van der Waals surface area contributed by atoms with Gasteiger partial charge in [0.25, 0.3) is 0 Å². The van der Waals surface area contributed by atoms with Crippen LogP contribution in [0.1, 0.15) is 64.7 Å². The van der Waals surface area contributed by atoms with Crippen LogP contribution in [0.4, 0.5) is 0 Å². The summed E-state index contributed by atoms with van der Waals surface area (Å²) in [5.74, 6) is 0. The van der Waals surface area contributed by atoms with Crippen molar-refractivity contribution in [2.24, 2.45) is 0 Å².